The van der Waals surface area contributed by atoms with Crippen molar-refractivity contribution in [3.05, 3.63) is 54.0 Å². The molecular weight excluding hydrogens is 216 g/mol. The molecule has 0 radical (unpaired) electrons. The summed E-state index contributed by atoms with van der Waals surface area (Å²) in [4.78, 5) is 0. The third-order valence-corrected chi connectivity index (χ3v) is 2.88. The van der Waals surface area contributed by atoms with Gasteiger partial charge < -0.3 is 14.3 Å². The van der Waals surface area contributed by atoms with Crippen LogP contribution in [0.5, 0.6) is 5.75 Å². The molecule has 88 valence electrons. The van der Waals surface area contributed by atoms with E-state index in [2.05, 4.69) is 0 Å². The van der Waals surface area contributed by atoms with Gasteiger partial charge in [-0.1, -0.05) is 12.1 Å². The molecular formula is C14H14O3. The van der Waals surface area contributed by atoms with E-state index in [0.717, 1.165) is 29.7 Å². The Hall–Kier alpha value is -1.74. The predicted octanol–water partition coefficient (Wildman–Crippen LogP) is 2.90. The molecule has 17 heavy (non-hydrogen) atoms. The summed E-state index contributed by atoms with van der Waals surface area (Å²) in [5, 5.41) is 10.1. The minimum atomic E-state index is -0.635. The first-order valence-electron chi connectivity index (χ1n) is 5.80. The molecule has 1 heterocycles. The van der Waals surface area contributed by atoms with E-state index in [4.69, 9.17) is 9.15 Å². The Morgan fingerprint density at radius 1 is 1.12 bits per heavy atom. The first kappa shape index (κ1) is 10.4. The summed E-state index contributed by atoms with van der Waals surface area (Å²) in [7, 11) is 0. The van der Waals surface area contributed by atoms with Crippen molar-refractivity contribution in [3.63, 3.8) is 0 Å². The molecule has 1 unspecified atom stereocenters. The molecule has 3 nitrogen and oxygen atoms in total. The molecule has 1 aromatic heterocycles. The molecule has 1 aliphatic carbocycles. The Labute approximate surface area is 99.6 Å². The summed E-state index contributed by atoms with van der Waals surface area (Å²) in [6, 6.07) is 9.33. The van der Waals surface area contributed by atoms with Crippen LogP contribution in [0, 0.1) is 0 Å². The maximum absolute atomic E-state index is 10.1. The second kappa shape index (κ2) is 4.26. The maximum Gasteiger partial charge on any atom is 0.119 e. The van der Waals surface area contributed by atoms with Gasteiger partial charge in [-0.3, -0.25) is 0 Å². The zero-order valence-corrected chi connectivity index (χ0v) is 9.37. The fourth-order valence-electron chi connectivity index (χ4n) is 1.73. The molecule has 3 rings (SSSR count). The summed E-state index contributed by atoms with van der Waals surface area (Å²) in [5.41, 5.74) is 1.61. The molecule has 0 saturated heterocycles. The zero-order chi connectivity index (χ0) is 11.7. The molecule has 2 aromatic rings. The van der Waals surface area contributed by atoms with Gasteiger partial charge in [0.1, 0.15) is 11.9 Å². The Morgan fingerprint density at radius 2 is 1.88 bits per heavy atom. The van der Waals surface area contributed by atoms with Crippen molar-refractivity contribution >= 4 is 0 Å². The largest absolute Gasteiger partial charge is 0.490 e. The summed E-state index contributed by atoms with van der Waals surface area (Å²) in [6.45, 7) is 0. The van der Waals surface area contributed by atoms with Crippen LogP contribution >= 0.6 is 0 Å². The highest BCUT2D eigenvalue weighted by atomic mass is 16.5. The lowest BCUT2D eigenvalue weighted by molar-refractivity contribution is 0.219. The maximum atomic E-state index is 10.1. The van der Waals surface area contributed by atoms with Gasteiger partial charge in [-0.05, 0) is 36.6 Å². The number of aliphatic hydroxyl groups excluding tert-OH is 1. The van der Waals surface area contributed by atoms with Crippen LogP contribution in [0.1, 0.15) is 30.1 Å². The van der Waals surface area contributed by atoms with E-state index < -0.39 is 6.10 Å². The highest BCUT2D eigenvalue weighted by Crippen LogP contribution is 2.28. The van der Waals surface area contributed by atoms with E-state index in [0.29, 0.717) is 6.10 Å². The SMILES string of the molecule is OC(c1ccc(OC2CC2)cc1)c1ccoc1. The van der Waals surface area contributed by atoms with E-state index >= 15 is 0 Å². The molecule has 0 bridgehead atoms. The fourth-order valence-corrected chi connectivity index (χ4v) is 1.73. The number of benzene rings is 1. The zero-order valence-electron chi connectivity index (χ0n) is 9.37. The Kier molecular flexibility index (Phi) is 2.61. The monoisotopic (exact) mass is 230 g/mol. The van der Waals surface area contributed by atoms with E-state index in [1.165, 1.54) is 0 Å². The van der Waals surface area contributed by atoms with Crippen molar-refractivity contribution in [1.29, 1.82) is 0 Å². The van der Waals surface area contributed by atoms with Gasteiger partial charge in [0.15, 0.2) is 0 Å². The third-order valence-electron chi connectivity index (χ3n) is 2.88. The Bertz CT molecular complexity index is 469. The summed E-state index contributed by atoms with van der Waals surface area (Å²) in [5.74, 6) is 0.871. The van der Waals surface area contributed by atoms with Gasteiger partial charge in [-0.15, -0.1) is 0 Å². The molecule has 1 saturated carbocycles. The van der Waals surface area contributed by atoms with Crippen molar-refractivity contribution in [2.24, 2.45) is 0 Å². The van der Waals surface area contributed by atoms with E-state index in [1.54, 1.807) is 18.6 Å². The van der Waals surface area contributed by atoms with Crippen molar-refractivity contribution in [3.8, 4) is 5.75 Å². The van der Waals surface area contributed by atoms with Crippen LogP contribution < -0.4 is 4.74 Å². The van der Waals surface area contributed by atoms with Crippen LogP contribution in [0.25, 0.3) is 0 Å². The van der Waals surface area contributed by atoms with Crippen molar-refractivity contribution in [1.82, 2.24) is 0 Å². The standard InChI is InChI=1S/C14H14O3/c15-14(11-7-8-16-9-11)10-1-3-12(4-2-10)17-13-5-6-13/h1-4,7-9,13-15H,5-6H2. The minimum absolute atomic E-state index is 0.402. The number of rotatable bonds is 4. The molecule has 0 amide bonds. The average molecular weight is 230 g/mol. The topological polar surface area (TPSA) is 42.6 Å². The number of hydrogen-bond donors (Lipinski definition) is 1. The van der Waals surface area contributed by atoms with Gasteiger partial charge in [-0.2, -0.15) is 0 Å². The molecule has 1 aliphatic rings. The van der Waals surface area contributed by atoms with Crippen LogP contribution in [-0.4, -0.2) is 11.2 Å². The van der Waals surface area contributed by atoms with Crippen LogP contribution in [0.3, 0.4) is 0 Å². The van der Waals surface area contributed by atoms with Crippen molar-refractivity contribution < 1.29 is 14.3 Å². The molecule has 0 spiro atoms. The van der Waals surface area contributed by atoms with Gasteiger partial charge in [0, 0.05) is 5.56 Å². The average Bonchev–Trinajstić information content (AvgIpc) is 3.00. The van der Waals surface area contributed by atoms with Gasteiger partial charge in [-0.25, -0.2) is 0 Å². The minimum Gasteiger partial charge on any atom is -0.490 e. The summed E-state index contributed by atoms with van der Waals surface area (Å²) in [6.07, 6.45) is 5.18. The lowest BCUT2D eigenvalue weighted by atomic mass is 10.0. The van der Waals surface area contributed by atoms with E-state index in [-0.39, 0.29) is 0 Å². The third kappa shape index (κ3) is 2.34. The molecule has 0 aliphatic heterocycles. The van der Waals surface area contributed by atoms with E-state index in [9.17, 15) is 5.11 Å². The lowest BCUT2D eigenvalue weighted by Crippen LogP contribution is -1.99. The number of aliphatic hydroxyl groups is 1. The van der Waals surface area contributed by atoms with Gasteiger partial charge in [0.05, 0.1) is 18.6 Å². The van der Waals surface area contributed by atoms with Gasteiger partial charge in [0.2, 0.25) is 0 Å². The normalized spacial score (nSPS) is 16.8. The quantitative estimate of drug-likeness (QED) is 0.878. The second-order valence-electron chi connectivity index (χ2n) is 4.35. The van der Waals surface area contributed by atoms with Crippen molar-refractivity contribution in [2.75, 3.05) is 0 Å². The van der Waals surface area contributed by atoms with Crippen LogP contribution in [0.15, 0.2) is 47.3 Å². The van der Waals surface area contributed by atoms with E-state index in [1.807, 2.05) is 24.3 Å². The number of ether oxygens (including phenoxy) is 1. The fraction of sp³-hybridized carbons (Fsp3) is 0.286. The number of hydrogen-bond acceptors (Lipinski definition) is 3. The highest BCUT2D eigenvalue weighted by molar-refractivity contribution is 5.33. The Balaban J connectivity index is 1.74. The number of furan rings is 1. The first-order valence-corrected chi connectivity index (χ1v) is 5.80. The predicted molar refractivity (Wildman–Crippen MR) is 62.9 cm³/mol. The Morgan fingerprint density at radius 3 is 2.47 bits per heavy atom. The molecule has 1 atom stereocenters. The van der Waals surface area contributed by atoms with Crippen LogP contribution in [0.2, 0.25) is 0 Å². The lowest BCUT2D eigenvalue weighted by Gasteiger charge is -2.10. The molecule has 1 aromatic carbocycles. The van der Waals surface area contributed by atoms with Crippen LogP contribution in [0.4, 0.5) is 0 Å². The van der Waals surface area contributed by atoms with Gasteiger partial charge in [0.25, 0.3) is 0 Å². The first-order chi connectivity index (χ1) is 8.33. The van der Waals surface area contributed by atoms with Gasteiger partial charge >= 0.3 is 0 Å². The highest BCUT2D eigenvalue weighted by Gasteiger charge is 2.23. The smallest absolute Gasteiger partial charge is 0.119 e. The molecule has 3 heteroatoms. The van der Waals surface area contributed by atoms with Crippen LogP contribution in [-0.2, 0) is 0 Å². The van der Waals surface area contributed by atoms with Crippen molar-refractivity contribution in [2.45, 2.75) is 25.0 Å². The molecule has 1 N–H and O–H groups in total. The summed E-state index contributed by atoms with van der Waals surface area (Å²) < 4.78 is 10.6. The molecule has 1 fully saturated rings. The second-order valence-corrected chi connectivity index (χ2v) is 4.35. The summed E-state index contributed by atoms with van der Waals surface area (Å²) >= 11 is 0.